The van der Waals surface area contributed by atoms with Crippen molar-refractivity contribution >= 4 is 0 Å². The van der Waals surface area contributed by atoms with Gasteiger partial charge >= 0.3 is 0 Å². The van der Waals surface area contributed by atoms with Gasteiger partial charge in [0.25, 0.3) is 0 Å². The first kappa shape index (κ1) is 25.3. The highest BCUT2D eigenvalue weighted by Crippen LogP contribution is 2.43. The third-order valence-electron chi connectivity index (χ3n) is 6.05. The Kier molecular flexibility index (Phi) is 6.42. The summed E-state index contributed by atoms with van der Waals surface area (Å²) in [4.78, 5) is 0. The first-order chi connectivity index (χ1) is 13.7. The molecule has 31 heavy (non-hydrogen) atoms. The average molecular weight is 425 g/mol. The molecule has 0 saturated heterocycles. The van der Waals surface area contributed by atoms with E-state index in [1.165, 1.54) is 33.4 Å². The van der Waals surface area contributed by atoms with Crippen molar-refractivity contribution in [1.82, 2.24) is 0 Å². The van der Waals surface area contributed by atoms with Crippen LogP contribution < -0.4 is 0 Å². The molecule has 0 bridgehead atoms. The Labute approximate surface area is 190 Å². The van der Waals surface area contributed by atoms with Crippen molar-refractivity contribution in [2.24, 2.45) is 0 Å². The normalized spacial score (nSPS) is 13.5. The summed E-state index contributed by atoms with van der Waals surface area (Å²) in [6.45, 7) is 26.5. The number of rotatable bonds is 2. The molecule has 0 heterocycles. The number of phenols is 2. The summed E-state index contributed by atoms with van der Waals surface area (Å²) >= 11 is 0. The summed E-state index contributed by atoms with van der Waals surface area (Å²) in [6, 6.07) is 7.77. The third-order valence-corrected chi connectivity index (χ3v) is 6.05. The molecule has 2 aromatic rings. The second-order valence-corrected chi connectivity index (χ2v) is 13.2. The van der Waals surface area contributed by atoms with Crippen molar-refractivity contribution in [2.45, 2.75) is 111 Å². The quantitative estimate of drug-likeness (QED) is 0.515. The molecule has 2 N–H and O–H groups in total. The van der Waals surface area contributed by atoms with Crippen LogP contribution >= 0.6 is 0 Å². The molecule has 0 unspecified atom stereocenters. The van der Waals surface area contributed by atoms with Crippen molar-refractivity contribution in [2.75, 3.05) is 0 Å². The molecule has 0 aliphatic heterocycles. The Morgan fingerprint density at radius 3 is 0.806 bits per heavy atom. The van der Waals surface area contributed by atoms with Crippen molar-refractivity contribution < 1.29 is 10.2 Å². The van der Waals surface area contributed by atoms with Gasteiger partial charge in [0.15, 0.2) is 0 Å². The molecule has 2 aromatic carbocycles. The maximum absolute atomic E-state index is 10.6. The van der Waals surface area contributed by atoms with E-state index in [4.69, 9.17) is 0 Å². The van der Waals surface area contributed by atoms with Crippen LogP contribution in [0.15, 0.2) is 24.3 Å². The summed E-state index contributed by atoms with van der Waals surface area (Å²) in [7, 11) is 0. The maximum atomic E-state index is 10.6. The van der Waals surface area contributed by atoms with E-state index in [9.17, 15) is 10.2 Å². The standard InChI is InChI=1S/C29H44O2/c1-26(2,3)22-13-18(30)14-23(27(4,5)6)20(22)17-21-24(28(7,8)9)15-19(31)16-25(21)29(10,11)12/h13-16,30-31H,17H2,1-12H3. The van der Waals surface area contributed by atoms with Crippen LogP contribution in [0, 0.1) is 0 Å². The molecule has 0 amide bonds. The number of hydrogen-bond donors (Lipinski definition) is 2. The van der Waals surface area contributed by atoms with Gasteiger partial charge in [-0.05, 0) is 85.7 Å². The van der Waals surface area contributed by atoms with Gasteiger partial charge in [-0.1, -0.05) is 83.1 Å². The number of aromatic hydroxyl groups is 2. The van der Waals surface area contributed by atoms with Gasteiger partial charge in [0, 0.05) is 0 Å². The highest BCUT2D eigenvalue weighted by molar-refractivity contribution is 5.54. The SMILES string of the molecule is CC(C)(C)c1cc(O)cc(C(C)(C)C)c1Cc1c(C(C)(C)C)cc(O)cc1C(C)(C)C. The Hall–Kier alpha value is -1.96. The van der Waals surface area contributed by atoms with Crippen LogP contribution in [0.4, 0.5) is 0 Å². The first-order valence-corrected chi connectivity index (χ1v) is 11.5. The zero-order chi connectivity index (χ0) is 24.2. The van der Waals surface area contributed by atoms with E-state index in [1.807, 2.05) is 24.3 Å². The van der Waals surface area contributed by atoms with Gasteiger partial charge in [-0.2, -0.15) is 0 Å². The van der Waals surface area contributed by atoms with Gasteiger partial charge in [0.2, 0.25) is 0 Å². The van der Waals surface area contributed by atoms with Gasteiger partial charge in [-0.15, -0.1) is 0 Å². The summed E-state index contributed by atoms with van der Waals surface area (Å²) < 4.78 is 0. The van der Waals surface area contributed by atoms with Gasteiger partial charge in [-0.25, -0.2) is 0 Å². The van der Waals surface area contributed by atoms with Crippen molar-refractivity contribution in [3.8, 4) is 11.5 Å². The molecule has 0 spiro atoms. The minimum Gasteiger partial charge on any atom is -0.508 e. The highest BCUT2D eigenvalue weighted by Gasteiger charge is 2.31. The highest BCUT2D eigenvalue weighted by atomic mass is 16.3. The molecule has 0 aliphatic carbocycles. The fourth-order valence-electron chi connectivity index (χ4n) is 4.55. The average Bonchev–Trinajstić information content (AvgIpc) is 2.53. The lowest BCUT2D eigenvalue weighted by atomic mass is 9.70. The van der Waals surface area contributed by atoms with Crippen LogP contribution in [0.3, 0.4) is 0 Å². The van der Waals surface area contributed by atoms with E-state index in [2.05, 4.69) is 83.1 Å². The fraction of sp³-hybridized carbons (Fsp3) is 0.586. The second-order valence-electron chi connectivity index (χ2n) is 13.2. The zero-order valence-corrected chi connectivity index (χ0v) is 21.9. The van der Waals surface area contributed by atoms with Gasteiger partial charge < -0.3 is 10.2 Å². The molecule has 2 rings (SSSR count). The topological polar surface area (TPSA) is 40.5 Å². The van der Waals surface area contributed by atoms with E-state index >= 15 is 0 Å². The Bertz CT molecular complexity index is 803. The van der Waals surface area contributed by atoms with E-state index in [-0.39, 0.29) is 21.7 Å². The summed E-state index contributed by atoms with van der Waals surface area (Å²) in [5.41, 5.74) is 6.91. The monoisotopic (exact) mass is 424 g/mol. The van der Waals surface area contributed by atoms with E-state index in [0.717, 1.165) is 6.42 Å². The van der Waals surface area contributed by atoms with E-state index in [1.54, 1.807) is 0 Å². The lowest BCUT2D eigenvalue weighted by Crippen LogP contribution is -2.25. The summed E-state index contributed by atoms with van der Waals surface area (Å²) in [6.07, 6.45) is 0.777. The van der Waals surface area contributed by atoms with Crippen LogP contribution in [0.2, 0.25) is 0 Å². The first-order valence-electron chi connectivity index (χ1n) is 11.5. The second kappa shape index (κ2) is 7.87. The Balaban J connectivity index is 2.98. The van der Waals surface area contributed by atoms with Crippen LogP contribution in [0.25, 0.3) is 0 Å². The molecule has 0 radical (unpaired) electrons. The molecule has 2 nitrogen and oxygen atoms in total. The Morgan fingerprint density at radius 2 is 0.645 bits per heavy atom. The van der Waals surface area contributed by atoms with E-state index in [0.29, 0.717) is 11.5 Å². The lowest BCUT2D eigenvalue weighted by molar-refractivity contribution is 0.462. The van der Waals surface area contributed by atoms with Crippen LogP contribution in [0.1, 0.15) is 116 Å². The molecule has 0 atom stereocenters. The van der Waals surface area contributed by atoms with Crippen molar-refractivity contribution in [1.29, 1.82) is 0 Å². The largest absolute Gasteiger partial charge is 0.508 e. The summed E-state index contributed by atoms with van der Waals surface area (Å²) in [5, 5.41) is 21.2. The van der Waals surface area contributed by atoms with Crippen LogP contribution in [-0.2, 0) is 28.1 Å². The molecule has 172 valence electrons. The lowest BCUT2D eigenvalue weighted by Gasteiger charge is -2.34. The van der Waals surface area contributed by atoms with Gasteiger partial charge in [0.1, 0.15) is 11.5 Å². The molecule has 0 saturated carbocycles. The predicted octanol–water partition coefficient (Wildman–Crippen LogP) is 7.88. The van der Waals surface area contributed by atoms with Gasteiger partial charge in [0.05, 0.1) is 0 Å². The maximum Gasteiger partial charge on any atom is 0.116 e. The molecule has 2 heteroatoms. The number of phenolic OH excluding ortho intramolecular Hbond substituents is 2. The molecular weight excluding hydrogens is 380 g/mol. The number of hydrogen-bond acceptors (Lipinski definition) is 2. The van der Waals surface area contributed by atoms with E-state index < -0.39 is 0 Å². The molecule has 0 fully saturated rings. The predicted molar refractivity (Wildman–Crippen MR) is 134 cm³/mol. The van der Waals surface area contributed by atoms with Crippen LogP contribution in [0.5, 0.6) is 11.5 Å². The minimum absolute atomic E-state index is 0.102. The zero-order valence-electron chi connectivity index (χ0n) is 21.9. The number of benzene rings is 2. The van der Waals surface area contributed by atoms with Crippen LogP contribution in [-0.4, -0.2) is 10.2 Å². The fourth-order valence-corrected chi connectivity index (χ4v) is 4.55. The van der Waals surface area contributed by atoms with Crippen molar-refractivity contribution in [3.05, 3.63) is 57.6 Å². The molecular formula is C29H44O2. The Morgan fingerprint density at radius 1 is 0.452 bits per heavy atom. The molecule has 0 aliphatic rings. The van der Waals surface area contributed by atoms with Crippen molar-refractivity contribution in [3.63, 3.8) is 0 Å². The van der Waals surface area contributed by atoms with Gasteiger partial charge in [-0.3, -0.25) is 0 Å². The third kappa shape index (κ3) is 5.64. The molecule has 0 aromatic heterocycles. The minimum atomic E-state index is -0.102. The smallest absolute Gasteiger partial charge is 0.116 e. The summed E-state index contributed by atoms with van der Waals surface area (Å²) in [5.74, 6) is 0.660.